The number of hydrogen-bond donors (Lipinski definition) is 2. The summed E-state index contributed by atoms with van der Waals surface area (Å²) in [6.07, 6.45) is -2.26. The molecule has 11 heteroatoms. The SMILES string of the molecule is CC.N#CC1=CC(Oc2ccc(NC(=O)C(F)(F)F)c([N+](=O)[O-])c2)=CCN1. The predicted octanol–water partition coefficient (Wildman–Crippen LogP) is 3.40. The summed E-state index contributed by atoms with van der Waals surface area (Å²) in [5.74, 6) is -2.14. The third-order valence-electron chi connectivity index (χ3n) is 2.91. The van der Waals surface area contributed by atoms with E-state index in [1.807, 2.05) is 19.9 Å². The number of carbonyl (C=O) groups excluding carboxylic acids is 1. The molecule has 0 radical (unpaired) electrons. The maximum Gasteiger partial charge on any atom is 0.471 e. The first-order valence-electron chi connectivity index (χ1n) is 7.61. The lowest BCUT2D eigenvalue weighted by atomic mass is 10.2. The van der Waals surface area contributed by atoms with Gasteiger partial charge in [-0.15, -0.1) is 0 Å². The Morgan fingerprint density at radius 3 is 2.63 bits per heavy atom. The van der Waals surface area contributed by atoms with Gasteiger partial charge in [-0.05, 0) is 18.2 Å². The fourth-order valence-corrected chi connectivity index (χ4v) is 1.82. The first-order chi connectivity index (χ1) is 12.7. The number of halogens is 3. The lowest BCUT2D eigenvalue weighted by Crippen LogP contribution is -2.30. The number of benzene rings is 1. The number of nitriles is 1. The molecule has 0 unspecified atom stereocenters. The van der Waals surface area contributed by atoms with Crippen LogP contribution in [0.2, 0.25) is 0 Å². The minimum absolute atomic E-state index is 0.0432. The normalized spacial score (nSPS) is 12.9. The molecule has 1 aliphatic rings. The molecule has 1 aliphatic heterocycles. The van der Waals surface area contributed by atoms with Crippen LogP contribution in [0, 0.1) is 21.4 Å². The molecular formula is C16H15F3N4O4. The standard InChI is InChI=1S/C14H9F3N4O4.C2H6/c15-14(16,17)13(22)20-11-2-1-9(6-12(11)21(23)24)25-10-3-4-19-8(5-10)7-18;1-2/h1-3,5-6,19H,4H2,(H,20,22);1-2H3. The molecule has 0 aromatic heterocycles. The lowest BCUT2D eigenvalue weighted by Gasteiger charge is -2.13. The van der Waals surface area contributed by atoms with Gasteiger partial charge in [0.25, 0.3) is 5.69 Å². The monoisotopic (exact) mass is 384 g/mol. The van der Waals surface area contributed by atoms with E-state index >= 15 is 0 Å². The Hall–Kier alpha value is -3.55. The third-order valence-corrected chi connectivity index (χ3v) is 2.91. The quantitative estimate of drug-likeness (QED) is 0.607. The van der Waals surface area contributed by atoms with Crippen molar-refractivity contribution in [3.63, 3.8) is 0 Å². The highest BCUT2D eigenvalue weighted by Crippen LogP contribution is 2.31. The predicted molar refractivity (Wildman–Crippen MR) is 89.5 cm³/mol. The molecule has 0 saturated heterocycles. The third kappa shape index (κ3) is 6.03. The van der Waals surface area contributed by atoms with Gasteiger partial charge in [-0.3, -0.25) is 14.9 Å². The zero-order valence-corrected chi connectivity index (χ0v) is 14.3. The molecule has 1 heterocycles. The van der Waals surface area contributed by atoms with Gasteiger partial charge in [-0.1, -0.05) is 13.8 Å². The number of ether oxygens (including phenoxy) is 1. The van der Waals surface area contributed by atoms with Gasteiger partial charge in [0.05, 0.1) is 11.0 Å². The van der Waals surface area contributed by atoms with Crippen LogP contribution in [0.5, 0.6) is 5.75 Å². The molecule has 1 aromatic rings. The second-order valence-corrected chi connectivity index (χ2v) is 4.65. The van der Waals surface area contributed by atoms with E-state index < -0.39 is 28.4 Å². The van der Waals surface area contributed by atoms with E-state index in [9.17, 15) is 28.1 Å². The first-order valence-corrected chi connectivity index (χ1v) is 7.61. The number of hydrogen-bond acceptors (Lipinski definition) is 6. The molecule has 2 rings (SSSR count). The number of anilines is 1. The van der Waals surface area contributed by atoms with Crippen LogP contribution in [0.3, 0.4) is 0 Å². The number of alkyl halides is 3. The van der Waals surface area contributed by atoms with Crippen LogP contribution >= 0.6 is 0 Å². The molecule has 0 atom stereocenters. The first kappa shape index (κ1) is 21.5. The molecule has 27 heavy (non-hydrogen) atoms. The average molecular weight is 384 g/mol. The van der Waals surface area contributed by atoms with Crippen LogP contribution < -0.4 is 15.4 Å². The summed E-state index contributed by atoms with van der Waals surface area (Å²) >= 11 is 0. The Balaban J connectivity index is 0.00000176. The van der Waals surface area contributed by atoms with Gasteiger partial charge in [-0.25, -0.2) is 0 Å². The number of nitro groups is 1. The van der Waals surface area contributed by atoms with Crippen LogP contribution in [0.25, 0.3) is 0 Å². The molecule has 0 spiro atoms. The summed E-state index contributed by atoms with van der Waals surface area (Å²) in [6.45, 7) is 4.30. The van der Waals surface area contributed by atoms with Crippen LogP contribution in [-0.2, 0) is 4.79 Å². The van der Waals surface area contributed by atoms with Crippen molar-refractivity contribution >= 4 is 17.3 Å². The largest absolute Gasteiger partial charge is 0.471 e. The fraction of sp³-hybridized carbons (Fsp3) is 0.250. The molecule has 2 N–H and O–H groups in total. The van der Waals surface area contributed by atoms with Crippen molar-refractivity contribution in [1.82, 2.24) is 5.32 Å². The molecule has 1 aromatic carbocycles. The maximum absolute atomic E-state index is 12.3. The maximum atomic E-state index is 12.3. The molecule has 0 saturated carbocycles. The van der Waals surface area contributed by atoms with Gasteiger partial charge in [0.15, 0.2) is 0 Å². The smallest absolute Gasteiger partial charge is 0.457 e. The van der Waals surface area contributed by atoms with Crippen molar-refractivity contribution in [2.45, 2.75) is 20.0 Å². The zero-order chi connectivity index (χ0) is 20.6. The fourth-order valence-electron chi connectivity index (χ4n) is 1.82. The number of nitrogens with one attached hydrogen (secondary N) is 2. The lowest BCUT2D eigenvalue weighted by molar-refractivity contribution is -0.384. The molecule has 8 nitrogen and oxygen atoms in total. The zero-order valence-electron chi connectivity index (χ0n) is 14.3. The number of allylic oxidation sites excluding steroid dienone is 2. The topological polar surface area (TPSA) is 117 Å². The van der Waals surface area contributed by atoms with Crippen molar-refractivity contribution < 1.29 is 27.6 Å². The minimum atomic E-state index is -5.18. The Kier molecular flexibility index (Phi) is 7.35. The van der Waals surface area contributed by atoms with Gasteiger partial charge in [-0.2, -0.15) is 18.4 Å². The number of carbonyl (C=O) groups is 1. The average Bonchev–Trinajstić information content (AvgIpc) is 2.63. The molecule has 0 bridgehead atoms. The number of nitrogens with zero attached hydrogens (tertiary/aromatic N) is 2. The molecule has 1 amide bonds. The van der Waals surface area contributed by atoms with E-state index in [0.717, 1.165) is 18.2 Å². The summed E-state index contributed by atoms with van der Waals surface area (Å²) in [6, 6.07) is 4.81. The van der Waals surface area contributed by atoms with Gasteiger partial charge < -0.3 is 15.4 Å². The molecular weight excluding hydrogens is 369 g/mol. The molecule has 144 valence electrons. The van der Waals surface area contributed by atoms with E-state index in [0.29, 0.717) is 6.54 Å². The van der Waals surface area contributed by atoms with Crippen molar-refractivity contribution in [3.05, 3.63) is 51.9 Å². The highest BCUT2D eigenvalue weighted by molar-refractivity contribution is 5.96. The highest BCUT2D eigenvalue weighted by Gasteiger charge is 2.39. The van der Waals surface area contributed by atoms with Crippen molar-refractivity contribution in [1.29, 1.82) is 5.26 Å². The van der Waals surface area contributed by atoms with Gasteiger partial charge in [0.1, 0.15) is 29.0 Å². The summed E-state index contributed by atoms with van der Waals surface area (Å²) in [4.78, 5) is 21.0. The Morgan fingerprint density at radius 1 is 1.41 bits per heavy atom. The molecule has 0 fully saturated rings. The van der Waals surface area contributed by atoms with Crippen molar-refractivity contribution in [2.24, 2.45) is 0 Å². The van der Waals surface area contributed by atoms with E-state index in [2.05, 4.69) is 5.32 Å². The minimum Gasteiger partial charge on any atom is -0.457 e. The second kappa shape index (κ2) is 9.23. The number of nitro benzene ring substituents is 1. The van der Waals surface area contributed by atoms with Gasteiger partial charge in [0.2, 0.25) is 0 Å². The van der Waals surface area contributed by atoms with E-state index in [4.69, 9.17) is 10.00 Å². The Labute approximate surface area is 152 Å². The summed E-state index contributed by atoms with van der Waals surface area (Å²) in [5, 5.41) is 24.0. The van der Waals surface area contributed by atoms with Crippen LogP contribution in [0.1, 0.15) is 13.8 Å². The highest BCUT2D eigenvalue weighted by atomic mass is 19.4. The number of rotatable bonds is 4. The van der Waals surface area contributed by atoms with Crippen LogP contribution in [0.4, 0.5) is 24.5 Å². The van der Waals surface area contributed by atoms with Crippen LogP contribution in [-0.4, -0.2) is 23.6 Å². The summed E-state index contributed by atoms with van der Waals surface area (Å²) < 4.78 is 42.2. The Morgan fingerprint density at radius 2 is 2.07 bits per heavy atom. The number of dihydropyridines is 1. The van der Waals surface area contributed by atoms with Crippen LogP contribution in [0.15, 0.2) is 41.8 Å². The summed E-state index contributed by atoms with van der Waals surface area (Å²) in [7, 11) is 0. The Bertz CT molecular complexity index is 826. The van der Waals surface area contributed by atoms with E-state index in [-0.39, 0.29) is 17.2 Å². The second-order valence-electron chi connectivity index (χ2n) is 4.65. The summed E-state index contributed by atoms with van der Waals surface area (Å²) in [5.41, 5.74) is -1.16. The number of amides is 1. The van der Waals surface area contributed by atoms with Crippen molar-refractivity contribution in [3.8, 4) is 11.8 Å². The van der Waals surface area contributed by atoms with E-state index in [1.54, 1.807) is 6.08 Å². The van der Waals surface area contributed by atoms with E-state index in [1.165, 1.54) is 11.4 Å². The van der Waals surface area contributed by atoms with Gasteiger partial charge in [0, 0.05) is 12.6 Å². The van der Waals surface area contributed by atoms with Crippen molar-refractivity contribution in [2.75, 3.05) is 11.9 Å². The van der Waals surface area contributed by atoms with Gasteiger partial charge >= 0.3 is 12.1 Å². The molecule has 0 aliphatic carbocycles.